The topological polar surface area (TPSA) is 89.1 Å². The number of hydrogen-bond acceptors (Lipinski definition) is 5. The first-order valence-corrected chi connectivity index (χ1v) is 7.51. The molecule has 0 radical (unpaired) electrons. The second-order valence-electron chi connectivity index (χ2n) is 6.08. The molecule has 3 aromatic rings. The maximum atomic E-state index is 12.2. The molecular weight excluding hydrogens is 298 g/mol. The number of furan rings is 1. The lowest BCUT2D eigenvalue weighted by Crippen LogP contribution is -2.37. The van der Waals surface area contributed by atoms with Crippen LogP contribution in [0.25, 0.3) is 11.2 Å². The van der Waals surface area contributed by atoms with E-state index in [9.17, 15) is 9.59 Å². The highest BCUT2D eigenvalue weighted by molar-refractivity contribution is 5.74. The fraction of sp³-hybridized carbons (Fsp3) is 0.400. The van der Waals surface area contributed by atoms with Gasteiger partial charge in [0.25, 0.3) is 5.56 Å². The van der Waals surface area contributed by atoms with Gasteiger partial charge in [-0.1, -0.05) is 6.92 Å². The van der Waals surface area contributed by atoms with Crippen molar-refractivity contribution in [3.05, 3.63) is 45.0 Å². The Labute approximate surface area is 131 Å². The van der Waals surface area contributed by atoms with Crippen LogP contribution in [-0.4, -0.2) is 25.6 Å². The van der Waals surface area contributed by atoms with Crippen molar-refractivity contribution in [3.63, 3.8) is 0 Å². The van der Waals surface area contributed by atoms with Crippen molar-refractivity contribution in [2.75, 3.05) is 11.4 Å². The van der Waals surface area contributed by atoms with Crippen molar-refractivity contribution in [2.24, 2.45) is 13.0 Å². The van der Waals surface area contributed by atoms with Gasteiger partial charge >= 0.3 is 5.69 Å². The molecule has 1 atom stereocenters. The van der Waals surface area contributed by atoms with Gasteiger partial charge in [-0.05, 0) is 18.1 Å². The molecule has 0 fully saturated rings. The summed E-state index contributed by atoms with van der Waals surface area (Å²) in [5, 5.41) is 0. The van der Waals surface area contributed by atoms with Gasteiger partial charge in [0.05, 0.1) is 12.8 Å². The summed E-state index contributed by atoms with van der Waals surface area (Å²) in [6, 6.07) is 3.76. The molecule has 120 valence electrons. The second kappa shape index (κ2) is 4.87. The van der Waals surface area contributed by atoms with Gasteiger partial charge < -0.3 is 13.9 Å². The van der Waals surface area contributed by atoms with Gasteiger partial charge in [0.15, 0.2) is 11.2 Å². The van der Waals surface area contributed by atoms with Crippen LogP contribution in [0, 0.1) is 5.92 Å². The summed E-state index contributed by atoms with van der Waals surface area (Å²) < 4.78 is 8.69. The van der Waals surface area contributed by atoms with E-state index in [1.165, 1.54) is 4.57 Å². The zero-order chi connectivity index (χ0) is 16.1. The number of aromatic nitrogens is 4. The largest absolute Gasteiger partial charge is 0.467 e. The number of aromatic amines is 1. The summed E-state index contributed by atoms with van der Waals surface area (Å²) in [4.78, 5) is 33.0. The SMILES string of the molecule is CC1CN(Cc2ccco2)c2nc3c(c(=O)[nH]c(=O)n3C)n2C1. The summed E-state index contributed by atoms with van der Waals surface area (Å²) in [6.45, 7) is 4.21. The smallest absolute Gasteiger partial charge is 0.329 e. The molecule has 0 amide bonds. The second-order valence-corrected chi connectivity index (χ2v) is 6.08. The Bertz CT molecular complexity index is 979. The molecule has 23 heavy (non-hydrogen) atoms. The molecule has 3 aromatic heterocycles. The molecule has 4 heterocycles. The monoisotopic (exact) mass is 315 g/mol. The average Bonchev–Trinajstić information content (AvgIpc) is 3.12. The fourth-order valence-electron chi connectivity index (χ4n) is 3.19. The number of nitrogens with zero attached hydrogens (tertiary/aromatic N) is 4. The molecule has 8 heteroatoms. The minimum absolute atomic E-state index is 0.353. The van der Waals surface area contributed by atoms with Crippen molar-refractivity contribution >= 4 is 17.1 Å². The van der Waals surface area contributed by atoms with E-state index in [0.29, 0.717) is 36.1 Å². The molecular formula is C15H17N5O3. The van der Waals surface area contributed by atoms with Crippen LogP contribution < -0.4 is 16.1 Å². The standard InChI is InChI=1S/C15H17N5O3/c1-9-6-19(8-10-4-3-5-23-10)14-16-12-11(20(14)7-9)13(21)17-15(22)18(12)2/h3-5,9H,6-8H2,1-2H3,(H,17,21,22). The number of aryl methyl sites for hydroxylation is 1. The molecule has 0 aliphatic carbocycles. The van der Waals surface area contributed by atoms with Crippen LogP contribution in [0.2, 0.25) is 0 Å². The van der Waals surface area contributed by atoms with Crippen LogP contribution in [0.3, 0.4) is 0 Å². The number of fused-ring (bicyclic) bond motifs is 3. The molecule has 1 aliphatic heterocycles. The summed E-state index contributed by atoms with van der Waals surface area (Å²) in [5.74, 6) is 1.88. The lowest BCUT2D eigenvalue weighted by Gasteiger charge is -2.32. The lowest BCUT2D eigenvalue weighted by atomic mass is 10.1. The summed E-state index contributed by atoms with van der Waals surface area (Å²) >= 11 is 0. The lowest BCUT2D eigenvalue weighted by molar-refractivity contribution is 0.418. The Morgan fingerprint density at radius 1 is 1.39 bits per heavy atom. The third kappa shape index (κ3) is 2.09. The number of H-pyrrole nitrogens is 1. The Morgan fingerprint density at radius 3 is 2.96 bits per heavy atom. The van der Waals surface area contributed by atoms with E-state index < -0.39 is 11.2 Å². The van der Waals surface area contributed by atoms with Crippen LogP contribution in [0.4, 0.5) is 5.95 Å². The number of anilines is 1. The van der Waals surface area contributed by atoms with E-state index in [1.54, 1.807) is 13.3 Å². The van der Waals surface area contributed by atoms with Crippen LogP contribution in [-0.2, 0) is 20.1 Å². The molecule has 0 aromatic carbocycles. The van der Waals surface area contributed by atoms with E-state index in [2.05, 4.69) is 21.8 Å². The van der Waals surface area contributed by atoms with E-state index >= 15 is 0 Å². The Balaban J connectivity index is 1.92. The highest BCUT2D eigenvalue weighted by Crippen LogP contribution is 2.27. The molecule has 8 nitrogen and oxygen atoms in total. The van der Waals surface area contributed by atoms with E-state index in [0.717, 1.165) is 12.3 Å². The number of imidazole rings is 1. The summed E-state index contributed by atoms with van der Waals surface area (Å²) in [6.07, 6.45) is 1.64. The Hall–Kier alpha value is -2.77. The minimum atomic E-state index is -0.455. The molecule has 1 aliphatic rings. The van der Waals surface area contributed by atoms with Gasteiger partial charge in [-0.3, -0.25) is 14.3 Å². The molecule has 4 rings (SSSR count). The van der Waals surface area contributed by atoms with Crippen molar-refractivity contribution in [1.82, 2.24) is 19.1 Å². The number of nitrogens with one attached hydrogen (secondary N) is 1. The van der Waals surface area contributed by atoms with Crippen molar-refractivity contribution in [1.29, 1.82) is 0 Å². The predicted molar refractivity (Wildman–Crippen MR) is 84.5 cm³/mol. The quantitative estimate of drug-likeness (QED) is 0.751. The molecule has 1 N–H and O–H groups in total. The van der Waals surface area contributed by atoms with Crippen LogP contribution in [0.1, 0.15) is 12.7 Å². The maximum absolute atomic E-state index is 12.2. The Kier molecular flexibility index (Phi) is 2.93. The molecule has 0 saturated carbocycles. The summed E-state index contributed by atoms with van der Waals surface area (Å²) in [7, 11) is 1.61. The third-order valence-corrected chi connectivity index (χ3v) is 4.22. The van der Waals surface area contributed by atoms with Gasteiger partial charge in [0.2, 0.25) is 5.95 Å². The van der Waals surface area contributed by atoms with Crippen LogP contribution in [0.15, 0.2) is 32.4 Å². The highest BCUT2D eigenvalue weighted by atomic mass is 16.3. The third-order valence-electron chi connectivity index (χ3n) is 4.22. The van der Waals surface area contributed by atoms with Gasteiger partial charge in [0.1, 0.15) is 5.76 Å². The first-order valence-electron chi connectivity index (χ1n) is 7.51. The van der Waals surface area contributed by atoms with Gasteiger partial charge in [-0.15, -0.1) is 0 Å². The molecule has 0 bridgehead atoms. The van der Waals surface area contributed by atoms with Crippen LogP contribution >= 0.6 is 0 Å². The van der Waals surface area contributed by atoms with Crippen molar-refractivity contribution in [2.45, 2.75) is 20.0 Å². The Morgan fingerprint density at radius 2 is 2.22 bits per heavy atom. The van der Waals surface area contributed by atoms with Crippen molar-refractivity contribution < 1.29 is 4.42 Å². The van der Waals surface area contributed by atoms with Gasteiger partial charge in [-0.2, -0.15) is 4.98 Å². The van der Waals surface area contributed by atoms with Crippen LogP contribution in [0.5, 0.6) is 0 Å². The minimum Gasteiger partial charge on any atom is -0.467 e. The van der Waals surface area contributed by atoms with Crippen molar-refractivity contribution in [3.8, 4) is 0 Å². The molecule has 1 unspecified atom stereocenters. The first-order chi connectivity index (χ1) is 11.0. The van der Waals surface area contributed by atoms with E-state index in [-0.39, 0.29) is 0 Å². The fourth-order valence-corrected chi connectivity index (χ4v) is 3.19. The average molecular weight is 315 g/mol. The number of rotatable bonds is 2. The van der Waals surface area contributed by atoms with Gasteiger partial charge in [-0.25, -0.2) is 4.79 Å². The van der Waals surface area contributed by atoms with E-state index in [4.69, 9.17) is 4.42 Å². The normalized spacial score (nSPS) is 17.7. The molecule has 0 saturated heterocycles. The van der Waals surface area contributed by atoms with E-state index in [1.807, 2.05) is 16.7 Å². The highest BCUT2D eigenvalue weighted by Gasteiger charge is 2.28. The zero-order valence-corrected chi connectivity index (χ0v) is 12.9. The van der Waals surface area contributed by atoms with Gasteiger partial charge in [0, 0.05) is 20.1 Å². The zero-order valence-electron chi connectivity index (χ0n) is 12.9. The first kappa shape index (κ1) is 13.9. The summed E-state index contributed by atoms with van der Waals surface area (Å²) in [5.41, 5.74) is 0.00266. The predicted octanol–water partition coefficient (Wildman–Crippen LogP) is 0.673. The maximum Gasteiger partial charge on any atom is 0.329 e. The number of hydrogen-bond donors (Lipinski definition) is 1. The molecule has 0 spiro atoms.